The Bertz CT molecular complexity index is 470. The van der Waals surface area contributed by atoms with E-state index >= 15 is 0 Å². The van der Waals surface area contributed by atoms with Gasteiger partial charge in [-0.3, -0.25) is 4.79 Å². The maximum absolute atomic E-state index is 10.8. The summed E-state index contributed by atoms with van der Waals surface area (Å²) in [6.07, 6.45) is 3.11. The number of hydrogen-bond acceptors (Lipinski definition) is 3. The average molecular weight is 193 g/mol. The molecule has 4 heteroatoms. The van der Waals surface area contributed by atoms with Crippen molar-refractivity contribution in [3.63, 3.8) is 0 Å². The third kappa shape index (κ3) is 1.51. The lowest BCUT2D eigenvalue weighted by atomic mass is 10.2. The summed E-state index contributed by atoms with van der Waals surface area (Å²) in [5, 5.41) is 0.347. The molecule has 3 nitrogen and oxygen atoms in total. The van der Waals surface area contributed by atoms with E-state index in [-0.39, 0.29) is 0 Å². The third-order valence-electron chi connectivity index (χ3n) is 1.73. The quantitative estimate of drug-likeness (QED) is 0.650. The number of carbonyl (C=O) groups is 1. The minimum Gasteiger partial charge on any atom is -0.276 e. The van der Waals surface area contributed by atoms with Gasteiger partial charge in [-0.25, -0.2) is 9.97 Å². The standard InChI is InChI=1S/C9H5ClN2O/c10-9(13)6-1-2-8-7(3-6)4-11-5-12-8/h1-5H. The molecule has 0 aliphatic heterocycles. The fourth-order valence-corrected chi connectivity index (χ4v) is 1.22. The van der Waals surface area contributed by atoms with Crippen molar-refractivity contribution in [3.05, 3.63) is 36.3 Å². The Kier molecular flexibility index (Phi) is 1.94. The van der Waals surface area contributed by atoms with E-state index in [1.807, 2.05) is 0 Å². The van der Waals surface area contributed by atoms with E-state index in [4.69, 9.17) is 11.6 Å². The molecule has 2 aromatic rings. The summed E-state index contributed by atoms with van der Waals surface area (Å²) >= 11 is 5.32. The summed E-state index contributed by atoms with van der Waals surface area (Å²) in [5.74, 6) is 0. The molecule has 0 radical (unpaired) electrons. The molecule has 0 fully saturated rings. The van der Waals surface area contributed by atoms with Crippen LogP contribution in [0.15, 0.2) is 30.7 Å². The first-order valence-corrected chi connectivity index (χ1v) is 4.05. The van der Waals surface area contributed by atoms with Crippen molar-refractivity contribution in [1.82, 2.24) is 9.97 Å². The predicted octanol–water partition coefficient (Wildman–Crippen LogP) is 2.01. The number of benzene rings is 1. The van der Waals surface area contributed by atoms with Crippen LogP contribution < -0.4 is 0 Å². The predicted molar refractivity (Wildman–Crippen MR) is 49.7 cm³/mol. The van der Waals surface area contributed by atoms with Gasteiger partial charge < -0.3 is 0 Å². The van der Waals surface area contributed by atoms with Gasteiger partial charge in [0.15, 0.2) is 0 Å². The van der Waals surface area contributed by atoms with Gasteiger partial charge in [-0.05, 0) is 29.8 Å². The SMILES string of the molecule is O=C(Cl)c1ccc2ncncc2c1. The molecule has 0 amide bonds. The first-order chi connectivity index (χ1) is 6.27. The Morgan fingerprint density at radius 3 is 3.00 bits per heavy atom. The number of halogens is 1. The van der Waals surface area contributed by atoms with Gasteiger partial charge in [-0.1, -0.05) is 0 Å². The highest BCUT2D eigenvalue weighted by Crippen LogP contribution is 2.13. The molecule has 0 bridgehead atoms. The largest absolute Gasteiger partial charge is 0.276 e. The molecule has 1 aromatic heterocycles. The van der Waals surface area contributed by atoms with Crippen LogP contribution in [0.5, 0.6) is 0 Å². The van der Waals surface area contributed by atoms with E-state index in [0.717, 1.165) is 10.9 Å². The number of rotatable bonds is 1. The zero-order valence-electron chi connectivity index (χ0n) is 6.57. The van der Waals surface area contributed by atoms with Gasteiger partial charge in [0.1, 0.15) is 6.33 Å². The van der Waals surface area contributed by atoms with Crippen LogP contribution in [0.3, 0.4) is 0 Å². The van der Waals surface area contributed by atoms with Crippen LogP contribution in [0.4, 0.5) is 0 Å². The van der Waals surface area contributed by atoms with Crippen LogP contribution in [0, 0.1) is 0 Å². The van der Waals surface area contributed by atoms with E-state index in [1.165, 1.54) is 6.33 Å². The molecule has 0 atom stereocenters. The second kappa shape index (κ2) is 3.11. The Labute approximate surface area is 79.4 Å². The molecular weight excluding hydrogens is 188 g/mol. The van der Waals surface area contributed by atoms with Gasteiger partial charge in [0.05, 0.1) is 5.52 Å². The molecule has 0 saturated carbocycles. The van der Waals surface area contributed by atoms with E-state index in [9.17, 15) is 4.79 Å². The minimum absolute atomic E-state index is 0.462. The smallest absolute Gasteiger partial charge is 0.252 e. The molecule has 0 aliphatic carbocycles. The van der Waals surface area contributed by atoms with Crippen molar-refractivity contribution in [1.29, 1.82) is 0 Å². The molecule has 0 aliphatic rings. The maximum atomic E-state index is 10.8. The zero-order valence-corrected chi connectivity index (χ0v) is 7.32. The first-order valence-electron chi connectivity index (χ1n) is 3.67. The van der Waals surface area contributed by atoms with E-state index < -0.39 is 5.24 Å². The molecule has 0 N–H and O–H groups in total. The Hall–Kier alpha value is -1.48. The number of aromatic nitrogens is 2. The zero-order chi connectivity index (χ0) is 9.26. The third-order valence-corrected chi connectivity index (χ3v) is 1.95. The second-order valence-corrected chi connectivity index (χ2v) is 2.91. The minimum atomic E-state index is -0.467. The fourth-order valence-electron chi connectivity index (χ4n) is 1.11. The summed E-state index contributed by atoms with van der Waals surface area (Å²) in [6.45, 7) is 0. The van der Waals surface area contributed by atoms with Crippen LogP contribution in [-0.4, -0.2) is 15.2 Å². The monoisotopic (exact) mass is 192 g/mol. The number of fused-ring (bicyclic) bond motifs is 1. The average Bonchev–Trinajstić information content (AvgIpc) is 2.17. The number of carbonyl (C=O) groups excluding carboxylic acids is 1. The van der Waals surface area contributed by atoms with E-state index in [2.05, 4.69) is 9.97 Å². The van der Waals surface area contributed by atoms with E-state index in [1.54, 1.807) is 24.4 Å². The van der Waals surface area contributed by atoms with Crippen molar-refractivity contribution >= 4 is 27.7 Å². The van der Waals surface area contributed by atoms with Gasteiger partial charge >= 0.3 is 0 Å². The second-order valence-electron chi connectivity index (χ2n) is 2.57. The maximum Gasteiger partial charge on any atom is 0.252 e. The lowest BCUT2D eigenvalue weighted by Gasteiger charge is -1.96. The molecule has 64 valence electrons. The first kappa shape index (κ1) is 8.13. The van der Waals surface area contributed by atoms with Gasteiger partial charge in [-0.2, -0.15) is 0 Å². The van der Waals surface area contributed by atoms with Crippen LogP contribution in [0.2, 0.25) is 0 Å². The van der Waals surface area contributed by atoms with Crippen molar-refractivity contribution in [2.45, 2.75) is 0 Å². The molecule has 1 heterocycles. The van der Waals surface area contributed by atoms with Gasteiger partial charge in [0.2, 0.25) is 0 Å². The summed E-state index contributed by atoms with van der Waals surface area (Å²) < 4.78 is 0. The van der Waals surface area contributed by atoms with Crippen molar-refractivity contribution < 1.29 is 4.79 Å². The van der Waals surface area contributed by atoms with Gasteiger partial charge in [0, 0.05) is 17.1 Å². The Morgan fingerprint density at radius 1 is 1.38 bits per heavy atom. The number of hydrogen-bond donors (Lipinski definition) is 0. The van der Waals surface area contributed by atoms with Crippen LogP contribution >= 0.6 is 11.6 Å². The normalized spacial score (nSPS) is 10.2. The van der Waals surface area contributed by atoms with Crippen molar-refractivity contribution in [2.75, 3.05) is 0 Å². The van der Waals surface area contributed by atoms with Gasteiger partial charge in [0.25, 0.3) is 5.24 Å². The lowest BCUT2D eigenvalue weighted by molar-refractivity contribution is 0.108. The summed E-state index contributed by atoms with van der Waals surface area (Å²) in [7, 11) is 0. The van der Waals surface area contributed by atoms with Gasteiger partial charge in [-0.15, -0.1) is 0 Å². The summed E-state index contributed by atoms with van der Waals surface area (Å²) in [5.41, 5.74) is 1.26. The van der Waals surface area contributed by atoms with Crippen LogP contribution in [-0.2, 0) is 0 Å². The highest BCUT2D eigenvalue weighted by molar-refractivity contribution is 6.67. The Balaban J connectivity index is 2.69. The van der Waals surface area contributed by atoms with E-state index in [0.29, 0.717) is 5.56 Å². The Morgan fingerprint density at radius 2 is 2.23 bits per heavy atom. The summed E-state index contributed by atoms with van der Waals surface area (Å²) in [6, 6.07) is 5.06. The number of nitrogens with zero attached hydrogens (tertiary/aromatic N) is 2. The highest BCUT2D eigenvalue weighted by Gasteiger charge is 2.02. The van der Waals surface area contributed by atoms with Crippen molar-refractivity contribution in [2.24, 2.45) is 0 Å². The van der Waals surface area contributed by atoms with Crippen LogP contribution in [0.25, 0.3) is 10.9 Å². The molecule has 13 heavy (non-hydrogen) atoms. The fraction of sp³-hybridized carbons (Fsp3) is 0. The van der Waals surface area contributed by atoms with Crippen molar-refractivity contribution in [3.8, 4) is 0 Å². The van der Waals surface area contributed by atoms with Crippen LogP contribution in [0.1, 0.15) is 10.4 Å². The molecule has 1 aromatic carbocycles. The lowest BCUT2D eigenvalue weighted by Crippen LogP contribution is -1.89. The molecule has 0 saturated heterocycles. The molecular formula is C9H5ClN2O. The summed E-state index contributed by atoms with van der Waals surface area (Å²) in [4.78, 5) is 18.7. The highest BCUT2D eigenvalue weighted by atomic mass is 35.5. The topological polar surface area (TPSA) is 42.9 Å². The molecule has 0 unspecified atom stereocenters. The molecule has 0 spiro atoms. The molecule has 2 rings (SSSR count).